The minimum atomic E-state index is -4.01. The summed E-state index contributed by atoms with van der Waals surface area (Å²) in [5, 5.41) is 3.10. The number of para-hydroxylation sites is 1. The summed E-state index contributed by atoms with van der Waals surface area (Å²) in [6, 6.07) is 8.87. The fourth-order valence-corrected chi connectivity index (χ4v) is 4.57. The largest absolute Gasteiger partial charge is 0.324 e. The van der Waals surface area contributed by atoms with Gasteiger partial charge in [-0.25, -0.2) is 8.42 Å². The van der Waals surface area contributed by atoms with E-state index in [1.807, 2.05) is 39.0 Å². The number of benzene rings is 2. The third-order valence-electron chi connectivity index (χ3n) is 4.08. The zero-order chi connectivity index (χ0) is 20.4. The Kier molecular flexibility index (Phi) is 6.92. The molecule has 0 spiro atoms. The lowest BCUT2D eigenvalue weighted by molar-refractivity contribution is -0.117. The topological polar surface area (TPSA) is 75.3 Å². The maximum atomic E-state index is 12.6. The minimum absolute atomic E-state index is 0.0282. The van der Waals surface area contributed by atoms with Gasteiger partial charge in [0.15, 0.2) is 0 Å². The van der Waals surface area contributed by atoms with Crippen LogP contribution in [0.4, 0.5) is 5.69 Å². The van der Waals surface area contributed by atoms with Crippen LogP contribution in [0, 0.1) is 6.92 Å². The summed E-state index contributed by atoms with van der Waals surface area (Å²) >= 11 is 11.8. The zero-order valence-corrected chi connectivity index (χ0v) is 17.8. The first-order valence-electron chi connectivity index (χ1n) is 8.40. The molecule has 27 heavy (non-hydrogen) atoms. The SMILES string of the molecule is Cc1cccc(C(C)C)c1NC(=O)[C@@H](C)NS(=O)(=O)c1cc(Cl)ccc1Cl. The highest BCUT2D eigenvalue weighted by atomic mass is 35.5. The smallest absolute Gasteiger partial charge is 0.242 e. The van der Waals surface area contributed by atoms with Gasteiger partial charge < -0.3 is 5.32 Å². The van der Waals surface area contributed by atoms with Crippen LogP contribution in [0.15, 0.2) is 41.3 Å². The van der Waals surface area contributed by atoms with E-state index in [0.717, 1.165) is 11.1 Å². The number of amides is 1. The number of carbonyl (C=O) groups excluding carboxylic acids is 1. The highest BCUT2D eigenvalue weighted by Crippen LogP contribution is 2.28. The molecule has 146 valence electrons. The number of halogens is 2. The molecule has 0 aromatic heterocycles. The second-order valence-corrected chi connectivity index (χ2v) is 9.13. The summed E-state index contributed by atoms with van der Waals surface area (Å²) in [7, 11) is -4.01. The van der Waals surface area contributed by atoms with Gasteiger partial charge in [-0.3, -0.25) is 4.79 Å². The van der Waals surface area contributed by atoms with Gasteiger partial charge in [-0.1, -0.05) is 55.2 Å². The van der Waals surface area contributed by atoms with E-state index in [9.17, 15) is 13.2 Å². The van der Waals surface area contributed by atoms with Crippen LogP contribution in [0.2, 0.25) is 10.0 Å². The van der Waals surface area contributed by atoms with E-state index in [0.29, 0.717) is 5.69 Å². The first-order chi connectivity index (χ1) is 12.5. The monoisotopic (exact) mass is 428 g/mol. The Bertz CT molecular complexity index is 959. The summed E-state index contributed by atoms with van der Waals surface area (Å²) in [6.45, 7) is 7.41. The van der Waals surface area contributed by atoms with Gasteiger partial charge in [0, 0.05) is 10.7 Å². The molecule has 0 unspecified atom stereocenters. The van der Waals surface area contributed by atoms with Gasteiger partial charge in [0.1, 0.15) is 4.90 Å². The van der Waals surface area contributed by atoms with Gasteiger partial charge in [-0.05, 0) is 49.1 Å². The fourth-order valence-electron chi connectivity index (χ4n) is 2.61. The molecule has 0 saturated heterocycles. The number of anilines is 1. The van der Waals surface area contributed by atoms with Crippen LogP contribution in [0.25, 0.3) is 0 Å². The Labute approximate surface area is 170 Å². The molecule has 5 nitrogen and oxygen atoms in total. The standard InChI is InChI=1S/C19H22Cl2N2O3S/c1-11(2)15-7-5-6-12(3)18(15)22-19(24)13(4)23-27(25,26)17-10-14(20)8-9-16(17)21/h5-11,13,23H,1-4H3,(H,22,24)/t13-/m1/s1. The summed E-state index contributed by atoms with van der Waals surface area (Å²) in [5.74, 6) is -0.259. The van der Waals surface area contributed by atoms with Crippen molar-refractivity contribution in [3.05, 3.63) is 57.6 Å². The number of nitrogens with one attached hydrogen (secondary N) is 2. The Morgan fingerprint density at radius 2 is 1.74 bits per heavy atom. The predicted octanol–water partition coefficient (Wildman–Crippen LogP) is 4.73. The average Bonchev–Trinajstić information content (AvgIpc) is 2.57. The summed E-state index contributed by atoms with van der Waals surface area (Å²) in [6.07, 6.45) is 0. The van der Waals surface area contributed by atoms with Gasteiger partial charge >= 0.3 is 0 Å². The third kappa shape index (κ3) is 5.23. The highest BCUT2D eigenvalue weighted by Gasteiger charge is 2.25. The van der Waals surface area contributed by atoms with Crippen molar-refractivity contribution < 1.29 is 13.2 Å². The van der Waals surface area contributed by atoms with Gasteiger partial charge in [0.05, 0.1) is 11.1 Å². The van der Waals surface area contributed by atoms with Crippen LogP contribution in [-0.2, 0) is 14.8 Å². The van der Waals surface area contributed by atoms with Gasteiger partial charge in [-0.2, -0.15) is 4.72 Å². The van der Waals surface area contributed by atoms with Crippen LogP contribution in [0.3, 0.4) is 0 Å². The second kappa shape index (κ2) is 8.61. The summed E-state index contributed by atoms with van der Waals surface area (Å²) < 4.78 is 27.5. The van der Waals surface area contributed by atoms with Crippen LogP contribution >= 0.6 is 23.2 Å². The molecule has 0 bridgehead atoms. The van der Waals surface area contributed by atoms with Crippen LogP contribution in [-0.4, -0.2) is 20.4 Å². The number of aryl methyl sites for hydroxylation is 1. The Balaban J connectivity index is 2.23. The normalized spacial score (nSPS) is 12.9. The van der Waals surface area contributed by atoms with Crippen LogP contribution in [0.1, 0.15) is 37.8 Å². The van der Waals surface area contributed by atoms with E-state index in [-0.39, 0.29) is 20.9 Å². The Hall–Kier alpha value is -1.60. The summed E-state index contributed by atoms with van der Waals surface area (Å²) in [4.78, 5) is 12.4. The van der Waals surface area contributed by atoms with Crippen molar-refractivity contribution >= 4 is 44.8 Å². The molecule has 0 aliphatic rings. The maximum absolute atomic E-state index is 12.6. The predicted molar refractivity (Wildman–Crippen MR) is 110 cm³/mol. The number of hydrogen-bond donors (Lipinski definition) is 2. The molecule has 1 atom stereocenters. The van der Waals surface area contributed by atoms with E-state index in [4.69, 9.17) is 23.2 Å². The zero-order valence-electron chi connectivity index (χ0n) is 15.5. The van der Waals surface area contributed by atoms with Crippen LogP contribution < -0.4 is 10.0 Å². The van der Waals surface area contributed by atoms with Gasteiger partial charge in [0.25, 0.3) is 0 Å². The molecule has 2 rings (SSSR count). The van der Waals surface area contributed by atoms with Crippen molar-refractivity contribution in [2.45, 2.75) is 44.6 Å². The Morgan fingerprint density at radius 1 is 1.07 bits per heavy atom. The molecule has 2 aromatic carbocycles. The number of carbonyl (C=O) groups is 1. The summed E-state index contributed by atoms with van der Waals surface area (Å²) in [5.41, 5.74) is 2.59. The molecule has 8 heteroatoms. The molecule has 2 N–H and O–H groups in total. The molecule has 0 radical (unpaired) electrons. The van der Waals surface area contributed by atoms with Crippen molar-refractivity contribution in [1.82, 2.24) is 4.72 Å². The quantitative estimate of drug-likeness (QED) is 0.697. The Morgan fingerprint density at radius 3 is 2.37 bits per heavy atom. The van der Waals surface area contributed by atoms with E-state index >= 15 is 0 Å². The van der Waals surface area contributed by atoms with E-state index in [2.05, 4.69) is 10.0 Å². The molecule has 0 saturated carbocycles. The minimum Gasteiger partial charge on any atom is -0.324 e. The second-order valence-electron chi connectivity index (χ2n) is 6.60. The molecular formula is C19H22Cl2N2O3S. The van der Waals surface area contributed by atoms with E-state index in [1.165, 1.54) is 25.1 Å². The molecule has 0 aliphatic carbocycles. The van der Waals surface area contributed by atoms with Crippen LogP contribution in [0.5, 0.6) is 0 Å². The molecule has 0 aliphatic heterocycles. The lowest BCUT2D eigenvalue weighted by atomic mass is 9.98. The molecular weight excluding hydrogens is 407 g/mol. The van der Waals surface area contributed by atoms with Crippen molar-refractivity contribution in [2.24, 2.45) is 0 Å². The molecule has 0 fully saturated rings. The number of rotatable bonds is 6. The van der Waals surface area contributed by atoms with Crippen molar-refractivity contribution in [1.29, 1.82) is 0 Å². The third-order valence-corrected chi connectivity index (χ3v) is 6.34. The molecule has 0 heterocycles. The molecule has 2 aromatic rings. The van der Waals surface area contributed by atoms with Crippen molar-refractivity contribution in [2.75, 3.05) is 5.32 Å². The fraction of sp³-hybridized carbons (Fsp3) is 0.316. The van der Waals surface area contributed by atoms with Gasteiger partial charge in [-0.15, -0.1) is 0 Å². The highest BCUT2D eigenvalue weighted by molar-refractivity contribution is 7.89. The number of sulfonamides is 1. The van der Waals surface area contributed by atoms with Crippen molar-refractivity contribution in [3.8, 4) is 0 Å². The average molecular weight is 429 g/mol. The lowest BCUT2D eigenvalue weighted by Crippen LogP contribution is -2.41. The lowest BCUT2D eigenvalue weighted by Gasteiger charge is -2.19. The first kappa shape index (κ1) is 21.7. The number of hydrogen-bond acceptors (Lipinski definition) is 3. The van der Waals surface area contributed by atoms with E-state index in [1.54, 1.807) is 0 Å². The maximum Gasteiger partial charge on any atom is 0.242 e. The first-order valence-corrected chi connectivity index (χ1v) is 10.6. The van der Waals surface area contributed by atoms with Crippen molar-refractivity contribution in [3.63, 3.8) is 0 Å². The molecule has 1 amide bonds. The van der Waals surface area contributed by atoms with Gasteiger partial charge in [0.2, 0.25) is 15.9 Å². The van der Waals surface area contributed by atoms with E-state index < -0.39 is 22.0 Å².